The number of alkyl halides is 1. The van der Waals surface area contributed by atoms with Crippen LogP contribution in [0.5, 0.6) is 0 Å². The van der Waals surface area contributed by atoms with Crippen molar-refractivity contribution in [2.75, 3.05) is 15.0 Å². The van der Waals surface area contributed by atoms with Crippen LogP contribution in [-0.4, -0.2) is 27.4 Å². The lowest BCUT2D eigenvalue weighted by Crippen LogP contribution is -2.37. The molecule has 2 aromatic rings. The smallest absolute Gasteiger partial charge is 0.232 e. The fourth-order valence-electron chi connectivity index (χ4n) is 3.54. The fraction of sp³-hybridized carbons (Fsp3) is 0.455. The van der Waals surface area contributed by atoms with Gasteiger partial charge in [0.15, 0.2) is 8.32 Å². The molecule has 0 aliphatic rings. The first kappa shape index (κ1) is 25.6. The maximum Gasteiger partial charge on any atom is 0.232 e. The van der Waals surface area contributed by atoms with Crippen molar-refractivity contribution in [3.8, 4) is 0 Å². The molecule has 0 aliphatic carbocycles. The highest BCUT2D eigenvalue weighted by molar-refractivity contribution is 14.1. The summed E-state index contributed by atoms with van der Waals surface area (Å²) in [4.78, 5) is 0. The van der Waals surface area contributed by atoms with E-state index < -0.39 is 18.3 Å². The third-order valence-electron chi connectivity index (χ3n) is 5.65. The Morgan fingerprint density at radius 3 is 2.17 bits per heavy atom. The van der Waals surface area contributed by atoms with E-state index in [0.717, 1.165) is 33.7 Å². The van der Waals surface area contributed by atoms with E-state index >= 15 is 0 Å². The first-order valence-corrected chi connectivity index (χ1v) is 16.5. The van der Waals surface area contributed by atoms with Crippen LogP contribution in [0.1, 0.15) is 38.0 Å². The molecule has 1 atom stereocenters. The zero-order chi connectivity index (χ0) is 22.4. The number of nitrogens with zero attached hydrogens (tertiary/aromatic N) is 1. The summed E-state index contributed by atoms with van der Waals surface area (Å²) < 4.78 is 34.2. The van der Waals surface area contributed by atoms with Crippen LogP contribution in [-0.2, 0) is 21.0 Å². The number of hydrogen-bond donors (Lipinski definition) is 0. The number of anilines is 1. The quantitative estimate of drug-likeness (QED) is 0.167. The molecule has 0 saturated heterocycles. The summed E-state index contributed by atoms with van der Waals surface area (Å²) >= 11 is 8.83. The van der Waals surface area contributed by atoms with Crippen molar-refractivity contribution in [3.05, 3.63) is 64.7 Å². The zero-order valence-electron chi connectivity index (χ0n) is 18.1. The molecule has 0 fully saturated rings. The lowest BCUT2D eigenvalue weighted by Gasteiger charge is -2.33. The van der Waals surface area contributed by atoms with Gasteiger partial charge in [-0.1, -0.05) is 91.4 Å². The summed E-state index contributed by atoms with van der Waals surface area (Å²) in [6.07, 6.45) is 1.14. The van der Waals surface area contributed by atoms with E-state index in [1.807, 2.05) is 42.5 Å². The van der Waals surface area contributed by atoms with Crippen molar-refractivity contribution in [3.63, 3.8) is 0 Å². The Labute approximate surface area is 201 Å². The molecule has 8 heteroatoms. The molecule has 0 spiro atoms. The number of hydrogen-bond acceptors (Lipinski definition) is 3. The van der Waals surface area contributed by atoms with Gasteiger partial charge in [0, 0.05) is 4.43 Å². The second-order valence-electron chi connectivity index (χ2n) is 7.47. The van der Waals surface area contributed by atoms with E-state index in [4.69, 9.17) is 16.0 Å². The summed E-state index contributed by atoms with van der Waals surface area (Å²) in [5, 5.41) is 0.414. The summed E-state index contributed by atoms with van der Waals surface area (Å²) in [6.45, 7) is 6.86. The Morgan fingerprint density at radius 1 is 1.07 bits per heavy atom. The normalized spacial score (nSPS) is 13.3. The monoisotopic (exact) mass is 579 g/mol. The Kier molecular flexibility index (Phi) is 9.67. The van der Waals surface area contributed by atoms with Gasteiger partial charge in [0.05, 0.1) is 29.6 Å². The topological polar surface area (TPSA) is 46.6 Å². The molecule has 0 radical (unpaired) electrons. The van der Waals surface area contributed by atoms with Gasteiger partial charge in [0.1, 0.15) is 0 Å². The minimum atomic E-state index is -3.52. The minimum Gasteiger partial charge on any atom is -0.409 e. The largest absolute Gasteiger partial charge is 0.409 e. The Hall–Kier alpha value is -0.613. The number of halogens is 2. The Bertz CT molecular complexity index is 915. The van der Waals surface area contributed by atoms with Crippen LogP contribution in [0, 0.1) is 0 Å². The third kappa shape index (κ3) is 6.45. The van der Waals surface area contributed by atoms with Crippen LogP contribution in [0.25, 0.3) is 0 Å². The van der Waals surface area contributed by atoms with Crippen LogP contribution in [0.2, 0.25) is 23.2 Å². The standard InChI is InChI=1S/C22H31ClINO3SSi/c1-5-30(6-2,7-3)28-22(16-24)19-13-14-20(23)21(15-19)25(29(4,26)27)17-18-11-9-8-10-12-18/h8-15,22H,5-7,16-17H2,1-4H3. The molecule has 0 aliphatic heterocycles. The van der Waals surface area contributed by atoms with E-state index in [1.165, 1.54) is 10.6 Å². The first-order chi connectivity index (χ1) is 14.2. The first-order valence-electron chi connectivity index (χ1n) is 10.2. The van der Waals surface area contributed by atoms with Gasteiger partial charge in [-0.25, -0.2) is 8.42 Å². The van der Waals surface area contributed by atoms with Gasteiger partial charge in [-0.2, -0.15) is 0 Å². The summed E-state index contributed by atoms with van der Waals surface area (Å²) in [6, 6.07) is 18.4. The number of rotatable bonds is 11. The highest BCUT2D eigenvalue weighted by Gasteiger charge is 2.32. The average Bonchev–Trinajstić information content (AvgIpc) is 2.74. The molecule has 0 aromatic heterocycles. The van der Waals surface area contributed by atoms with Crippen LogP contribution >= 0.6 is 34.2 Å². The molecule has 30 heavy (non-hydrogen) atoms. The lowest BCUT2D eigenvalue weighted by molar-refractivity contribution is 0.217. The summed E-state index contributed by atoms with van der Waals surface area (Å²) in [7, 11) is -5.33. The maximum absolute atomic E-state index is 12.6. The van der Waals surface area contributed by atoms with Crippen molar-refractivity contribution in [1.82, 2.24) is 0 Å². The Balaban J connectivity index is 2.46. The molecule has 4 nitrogen and oxygen atoms in total. The van der Waals surface area contributed by atoms with Gasteiger partial charge in [-0.15, -0.1) is 0 Å². The van der Waals surface area contributed by atoms with Crippen molar-refractivity contribution in [2.45, 2.75) is 51.6 Å². The van der Waals surface area contributed by atoms with Gasteiger partial charge >= 0.3 is 0 Å². The summed E-state index contributed by atoms with van der Waals surface area (Å²) in [5.41, 5.74) is 2.37. The van der Waals surface area contributed by atoms with E-state index in [9.17, 15) is 8.42 Å². The minimum absolute atomic E-state index is 0.0775. The van der Waals surface area contributed by atoms with Gasteiger partial charge in [-0.3, -0.25) is 4.31 Å². The molecule has 2 rings (SSSR count). The van der Waals surface area contributed by atoms with Crippen LogP contribution in [0.3, 0.4) is 0 Å². The highest BCUT2D eigenvalue weighted by atomic mass is 127. The molecule has 1 unspecified atom stereocenters. The van der Waals surface area contributed by atoms with Gasteiger partial charge in [0.2, 0.25) is 10.0 Å². The number of benzene rings is 2. The predicted octanol–water partition coefficient (Wildman–Crippen LogP) is 6.80. The average molecular weight is 580 g/mol. The highest BCUT2D eigenvalue weighted by Crippen LogP contribution is 2.36. The second kappa shape index (κ2) is 11.3. The molecule has 0 saturated carbocycles. The molecule has 0 bridgehead atoms. The molecule has 166 valence electrons. The van der Waals surface area contributed by atoms with Gasteiger partial charge in [0.25, 0.3) is 0 Å². The van der Waals surface area contributed by atoms with E-state index in [0.29, 0.717) is 10.7 Å². The fourth-order valence-corrected chi connectivity index (χ4v) is 8.55. The van der Waals surface area contributed by atoms with Crippen LogP contribution in [0.4, 0.5) is 5.69 Å². The molecular weight excluding hydrogens is 549 g/mol. The third-order valence-corrected chi connectivity index (χ3v) is 12.5. The Morgan fingerprint density at radius 2 is 1.67 bits per heavy atom. The molecule has 2 aromatic carbocycles. The maximum atomic E-state index is 12.6. The summed E-state index contributed by atoms with van der Waals surface area (Å²) in [5.74, 6) is 0. The van der Waals surface area contributed by atoms with Gasteiger partial charge < -0.3 is 4.43 Å². The van der Waals surface area contributed by atoms with Crippen molar-refractivity contribution >= 4 is 58.2 Å². The predicted molar refractivity (Wildman–Crippen MR) is 139 cm³/mol. The van der Waals surface area contributed by atoms with E-state index in [1.54, 1.807) is 6.07 Å². The van der Waals surface area contributed by atoms with Crippen molar-refractivity contribution in [2.24, 2.45) is 0 Å². The molecule has 0 heterocycles. The van der Waals surface area contributed by atoms with Gasteiger partial charge in [-0.05, 0) is 41.4 Å². The SMILES string of the molecule is CC[Si](CC)(CC)OC(CI)c1ccc(Cl)c(N(Cc2ccccc2)S(C)(=O)=O)c1. The van der Waals surface area contributed by atoms with Crippen LogP contribution in [0.15, 0.2) is 48.5 Å². The van der Waals surface area contributed by atoms with Crippen LogP contribution < -0.4 is 4.31 Å². The zero-order valence-corrected chi connectivity index (χ0v) is 22.8. The second-order valence-corrected chi connectivity index (χ2v) is 15.4. The number of sulfonamides is 1. The van der Waals surface area contributed by atoms with Crippen molar-refractivity contribution < 1.29 is 12.8 Å². The molecule has 0 N–H and O–H groups in total. The van der Waals surface area contributed by atoms with E-state index in [2.05, 4.69) is 43.4 Å². The molecular formula is C22H31ClINO3SSi. The van der Waals surface area contributed by atoms with Crippen molar-refractivity contribution in [1.29, 1.82) is 0 Å². The lowest BCUT2D eigenvalue weighted by atomic mass is 10.1. The molecule has 0 amide bonds. The van der Waals surface area contributed by atoms with E-state index in [-0.39, 0.29) is 12.6 Å².